The maximum absolute atomic E-state index is 11.0. The minimum absolute atomic E-state index is 0. The summed E-state index contributed by atoms with van der Waals surface area (Å²) in [4.78, 5) is 15.8. The normalized spacial score (nSPS) is 17.2. The van der Waals surface area contributed by atoms with Gasteiger partial charge >= 0.3 is 5.97 Å². The number of rotatable bonds is 4. The van der Waals surface area contributed by atoms with E-state index in [1.807, 2.05) is 12.1 Å². The summed E-state index contributed by atoms with van der Waals surface area (Å²) >= 11 is 0. The highest BCUT2D eigenvalue weighted by Crippen LogP contribution is 2.33. The van der Waals surface area contributed by atoms with Crippen LogP contribution in [0.4, 0.5) is 11.4 Å². The van der Waals surface area contributed by atoms with Crippen molar-refractivity contribution in [2.24, 2.45) is 0 Å². The zero-order chi connectivity index (χ0) is 18.6. The van der Waals surface area contributed by atoms with Gasteiger partial charge in [-0.15, -0.1) is 34.0 Å². The number of carboxylic acids is 1. The molecule has 29 heavy (non-hydrogen) atoms. The summed E-state index contributed by atoms with van der Waals surface area (Å²) in [7, 11) is 0. The molecule has 1 saturated carbocycles. The predicted molar refractivity (Wildman–Crippen MR) is 131 cm³/mol. The SMILES string of the molecule is Br.Br.O=C(O)c1ccc(N2CCN(c3ccc(C4CCCCC4)cc3)CC2)cc1. The number of carboxylic acid groups (broad SMARTS) is 1. The van der Waals surface area contributed by atoms with Crippen molar-refractivity contribution in [2.45, 2.75) is 38.0 Å². The quantitative estimate of drug-likeness (QED) is 0.538. The van der Waals surface area contributed by atoms with Crippen LogP contribution >= 0.6 is 34.0 Å². The maximum Gasteiger partial charge on any atom is 0.335 e. The van der Waals surface area contributed by atoms with Gasteiger partial charge in [0.15, 0.2) is 0 Å². The van der Waals surface area contributed by atoms with Gasteiger partial charge in [-0.25, -0.2) is 4.79 Å². The standard InChI is InChI=1S/C23H28N2O2.2BrH/c26-23(27)20-8-12-22(13-9-20)25-16-14-24(15-17-25)21-10-6-19(7-11-21)18-4-2-1-3-5-18;;/h6-13,18H,1-5,14-17H2,(H,26,27);2*1H. The fraction of sp³-hybridized carbons (Fsp3) is 0.435. The van der Waals surface area contributed by atoms with Crippen molar-refractivity contribution in [1.82, 2.24) is 0 Å². The van der Waals surface area contributed by atoms with Crippen LogP contribution in [0.1, 0.15) is 53.9 Å². The molecule has 0 spiro atoms. The Kier molecular flexibility index (Phi) is 9.03. The highest BCUT2D eigenvalue weighted by molar-refractivity contribution is 8.93. The third-order valence-electron chi connectivity index (χ3n) is 6.09. The molecule has 2 aromatic carbocycles. The van der Waals surface area contributed by atoms with Crippen molar-refractivity contribution in [3.8, 4) is 0 Å². The van der Waals surface area contributed by atoms with E-state index in [4.69, 9.17) is 5.11 Å². The zero-order valence-corrected chi connectivity index (χ0v) is 20.1. The molecule has 2 fully saturated rings. The molecule has 0 radical (unpaired) electrons. The summed E-state index contributed by atoms with van der Waals surface area (Å²) in [6.07, 6.45) is 6.85. The lowest BCUT2D eigenvalue weighted by atomic mass is 9.84. The number of hydrogen-bond donors (Lipinski definition) is 1. The number of anilines is 2. The van der Waals surface area contributed by atoms with E-state index in [2.05, 4.69) is 34.1 Å². The Morgan fingerprint density at radius 2 is 1.17 bits per heavy atom. The Hall–Kier alpha value is -1.53. The van der Waals surface area contributed by atoms with E-state index < -0.39 is 5.97 Å². The second-order valence-corrected chi connectivity index (χ2v) is 7.75. The number of carbonyl (C=O) groups is 1. The van der Waals surface area contributed by atoms with E-state index in [1.54, 1.807) is 12.1 Å². The van der Waals surface area contributed by atoms with Crippen LogP contribution in [0.15, 0.2) is 48.5 Å². The molecule has 0 amide bonds. The van der Waals surface area contributed by atoms with Crippen molar-refractivity contribution in [2.75, 3.05) is 36.0 Å². The fourth-order valence-corrected chi connectivity index (χ4v) is 4.43. The van der Waals surface area contributed by atoms with Gasteiger partial charge in [-0.2, -0.15) is 0 Å². The van der Waals surface area contributed by atoms with Gasteiger partial charge in [0.05, 0.1) is 5.56 Å². The highest BCUT2D eigenvalue weighted by atomic mass is 79.9. The Morgan fingerprint density at radius 3 is 1.62 bits per heavy atom. The van der Waals surface area contributed by atoms with Gasteiger partial charge in [-0.05, 0) is 60.7 Å². The van der Waals surface area contributed by atoms with Crippen molar-refractivity contribution >= 4 is 51.3 Å². The van der Waals surface area contributed by atoms with Crippen LogP contribution in [0, 0.1) is 0 Å². The van der Waals surface area contributed by atoms with Gasteiger partial charge in [0.1, 0.15) is 0 Å². The Balaban J connectivity index is 0.00000150. The van der Waals surface area contributed by atoms with Gasteiger partial charge in [0.2, 0.25) is 0 Å². The van der Waals surface area contributed by atoms with Gasteiger partial charge in [0, 0.05) is 37.6 Å². The van der Waals surface area contributed by atoms with E-state index in [9.17, 15) is 4.79 Å². The number of aromatic carboxylic acids is 1. The molecule has 2 aliphatic rings. The van der Waals surface area contributed by atoms with Gasteiger partial charge < -0.3 is 14.9 Å². The number of benzene rings is 2. The maximum atomic E-state index is 11.0. The van der Waals surface area contributed by atoms with E-state index >= 15 is 0 Å². The van der Waals surface area contributed by atoms with Crippen molar-refractivity contribution < 1.29 is 9.90 Å². The van der Waals surface area contributed by atoms with Crippen LogP contribution in [-0.2, 0) is 0 Å². The van der Waals surface area contributed by atoms with Gasteiger partial charge in [-0.3, -0.25) is 0 Å². The molecule has 6 heteroatoms. The lowest BCUT2D eigenvalue weighted by Crippen LogP contribution is -2.46. The number of nitrogens with zero attached hydrogens (tertiary/aromatic N) is 2. The van der Waals surface area contributed by atoms with Crippen LogP contribution in [0.3, 0.4) is 0 Å². The third kappa shape index (κ3) is 5.76. The molecule has 0 atom stereocenters. The first-order chi connectivity index (χ1) is 13.2. The summed E-state index contributed by atoms with van der Waals surface area (Å²) in [6, 6.07) is 16.5. The van der Waals surface area contributed by atoms with Crippen LogP contribution in [0.25, 0.3) is 0 Å². The Bertz CT molecular complexity index is 766. The molecule has 158 valence electrons. The van der Waals surface area contributed by atoms with Crippen LogP contribution in [0.5, 0.6) is 0 Å². The molecule has 0 unspecified atom stereocenters. The van der Waals surface area contributed by atoms with Crippen LogP contribution in [-0.4, -0.2) is 37.3 Å². The molecule has 1 N–H and O–H groups in total. The first-order valence-corrected chi connectivity index (χ1v) is 10.1. The summed E-state index contributed by atoms with van der Waals surface area (Å²) in [5, 5.41) is 9.03. The van der Waals surface area contributed by atoms with Crippen molar-refractivity contribution in [1.29, 1.82) is 0 Å². The van der Waals surface area contributed by atoms with Crippen molar-refractivity contribution in [3.63, 3.8) is 0 Å². The van der Waals surface area contributed by atoms with Crippen LogP contribution in [0.2, 0.25) is 0 Å². The Labute approximate surface area is 194 Å². The van der Waals surface area contributed by atoms with Gasteiger partial charge in [0.25, 0.3) is 0 Å². The average Bonchev–Trinajstić information content (AvgIpc) is 2.75. The van der Waals surface area contributed by atoms with E-state index in [0.29, 0.717) is 5.56 Å². The first kappa shape index (κ1) is 23.7. The minimum Gasteiger partial charge on any atom is -0.478 e. The monoisotopic (exact) mass is 524 g/mol. The molecule has 1 aliphatic carbocycles. The molecule has 1 saturated heterocycles. The highest BCUT2D eigenvalue weighted by Gasteiger charge is 2.19. The van der Waals surface area contributed by atoms with Gasteiger partial charge in [-0.1, -0.05) is 31.4 Å². The molecule has 0 bridgehead atoms. The van der Waals surface area contributed by atoms with E-state index in [-0.39, 0.29) is 34.0 Å². The molecule has 0 aromatic heterocycles. The Morgan fingerprint density at radius 1 is 0.724 bits per heavy atom. The largest absolute Gasteiger partial charge is 0.478 e. The average molecular weight is 526 g/mol. The molecule has 4 nitrogen and oxygen atoms in total. The van der Waals surface area contributed by atoms with E-state index in [1.165, 1.54) is 43.4 Å². The lowest BCUT2D eigenvalue weighted by Gasteiger charge is -2.37. The van der Waals surface area contributed by atoms with Crippen molar-refractivity contribution in [3.05, 3.63) is 59.7 Å². The molecular weight excluding hydrogens is 496 g/mol. The van der Waals surface area contributed by atoms with Crippen LogP contribution < -0.4 is 9.80 Å². The summed E-state index contributed by atoms with van der Waals surface area (Å²) in [6.45, 7) is 3.89. The second-order valence-electron chi connectivity index (χ2n) is 7.75. The summed E-state index contributed by atoms with van der Waals surface area (Å²) in [5.74, 6) is -0.110. The summed E-state index contributed by atoms with van der Waals surface area (Å²) in [5.41, 5.74) is 4.27. The summed E-state index contributed by atoms with van der Waals surface area (Å²) < 4.78 is 0. The molecule has 1 heterocycles. The number of piperazine rings is 1. The molecule has 4 rings (SSSR count). The zero-order valence-electron chi connectivity index (χ0n) is 16.6. The molecule has 2 aromatic rings. The number of hydrogen-bond acceptors (Lipinski definition) is 3. The second kappa shape index (κ2) is 11.0. The first-order valence-electron chi connectivity index (χ1n) is 10.1. The predicted octanol–water partition coefficient (Wildman–Crippen LogP) is 5.91. The molecular formula is C23H30Br2N2O2. The minimum atomic E-state index is -0.872. The van der Waals surface area contributed by atoms with E-state index in [0.717, 1.165) is 37.8 Å². The third-order valence-corrected chi connectivity index (χ3v) is 6.09. The fourth-order valence-electron chi connectivity index (χ4n) is 4.43. The molecule has 1 aliphatic heterocycles. The lowest BCUT2D eigenvalue weighted by molar-refractivity contribution is 0.0697. The number of halogens is 2. The topological polar surface area (TPSA) is 43.8 Å². The smallest absolute Gasteiger partial charge is 0.335 e.